The molecule has 0 unspecified atom stereocenters. The molecule has 0 aliphatic rings. The highest BCUT2D eigenvalue weighted by molar-refractivity contribution is 9.10. The van der Waals surface area contributed by atoms with Crippen LogP contribution in [0.1, 0.15) is 19.4 Å². The highest BCUT2D eigenvalue weighted by Crippen LogP contribution is 2.22. The number of nitrogens with one attached hydrogen (secondary N) is 1. The number of sulfonamides is 1. The minimum absolute atomic E-state index is 0.0924. The molecule has 106 valence electrons. The molecule has 19 heavy (non-hydrogen) atoms. The average molecular weight is 350 g/mol. The van der Waals surface area contributed by atoms with Crippen molar-refractivity contribution >= 4 is 31.9 Å². The van der Waals surface area contributed by atoms with Crippen LogP contribution in [0.15, 0.2) is 27.6 Å². The van der Waals surface area contributed by atoms with Crippen LogP contribution < -0.4 is 4.72 Å². The Morgan fingerprint density at radius 3 is 2.58 bits per heavy atom. The minimum Gasteiger partial charge on any atom is -0.469 e. The zero-order chi connectivity index (χ0) is 14.6. The summed E-state index contributed by atoms with van der Waals surface area (Å²) in [7, 11) is -2.37. The molecule has 0 aromatic heterocycles. The van der Waals surface area contributed by atoms with Crippen molar-refractivity contribution in [2.24, 2.45) is 0 Å². The van der Waals surface area contributed by atoms with Gasteiger partial charge >= 0.3 is 5.97 Å². The van der Waals surface area contributed by atoms with E-state index in [-0.39, 0.29) is 17.4 Å². The van der Waals surface area contributed by atoms with Gasteiger partial charge in [-0.3, -0.25) is 4.79 Å². The number of rotatable bonds is 5. The van der Waals surface area contributed by atoms with Gasteiger partial charge in [0, 0.05) is 10.5 Å². The van der Waals surface area contributed by atoms with E-state index >= 15 is 0 Å². The van der Waals surface area contributed by atoms with Crippen molar-refractivity contribution in [2.75, 3.05) is 7.11 Å². The number of carbonyl (C=O) groups excluding carboxylic acids is 1. The summed E-state index contributed by atoms with van der Waals surface area (Å²) in [5.74, 6) is -0.487. The van der Waals surface area contributed by atoms with Crippen molar-refractivity contribution in [3.63, 3.8) is 0 Å². The van der Waals surface area contributed by atoms with Gasteiger partial charge in [0.05, 0.1) is 18.4 Å². The van der Waals surface area contributed by atoms with Gasteiger partial charge in [-0.05, 0) is 37.6 Å². The Labute approximate surface area is 121 Å². The fourth-order valence-corrected chi connectivity index (χ4v) is 3.43. The predicted octanol–water partition coefficient (Wildman–Crippen LogP) is 1.85. The summed E-state index contributed by atoms with van der Waals surface area (Å²) in [6.07, 6.45) is -0.0930. The van der Waals surface area contributed by atoms with Crippen LogP contribution in [-0.2, 0) is 26.0 Å². The molecule has 0 saturated carbocycles. The Morgan fingerprint density at radius 1 is 1.42 bits per heavy atom. The minimum atomic E-state index is -3.64. The fraction of sp³-hybridized carbons (Fsp3) is 0.417. The first-order valence-electron chi connectivity index (χ1n) is 5.64. The first-order valence-corrected chi connectivity index (χ1v) is 7.91. The van der Waals surface area contributed by atoms with Crippen molar-refractivity contribution in [3.8, 4) is 0 Å². The summed E-state index contributed by atoms with van der Waals surface area (Å²) < 4.78 is 32.1. The van der Waals surface area contributed by atoms with Crippen LogP contribution in [0.4, 0.5) is 0 Å². The zero-order valence-electron chi connectivity index (χ0n) is 10.9. The zero-order valence-corrected chi connectivity index (χ0v) is 13.3. The van der Waals surface area contributed by atoms with E-state index in [1.165, 1.54) is 13.2 Å². The van der Waals surface area contributed by atoms with Gasteiger partial charge in [-0.15, -0.1) is 0 Å². The molecule has 1 rings (SSSR count). The van der Waals surface area contributed by atoms with Crippen LogP contribution >= 0.6 is 15.9 Å². The summed E-state index contributed by atoms with van der Waals surface area (Å²) in [5, 5.41) is 0. The number of halogens is 1. The Hall–Kier alpha value is -0.920. The lowest BCUT2D eigenvalue weighted by molar-refractivity contribution is -0.139. The lowest BCUT2D eigenvalue weighted by Crippen LogP contribution is -2.31. The van der Waals surface area contributed by atoms with Crippen molar-refractivity contribution < 1.29 is 17.9 Å². The van der Waals surface area contributed by atoms with Crippen LogP contribution in [0.3, 0.4) is 0 Å². The Kier molecular flexibility index (Phi) is 5.51. The molecule has 1 aromatic carbocycles. The van der Waals surface area contributed by atoms with Crippen molar-refractivity contribution in [1.29, 1.82) is 0 Å². The highest BCUT2D eigenvalue weighted by atomic mass is 79.9. The largest absolute Gasteiger partial charge is 0.469 e. The first kappa shape index (κ1) is 16.1. The van der Waals surface area contributed by atoms with E-state index in [2.05, 4.69) is 25.4 Å². The predicted molar refractivity (Wildman–Crippen MR) is 75.3 cm³/mol. The molecule has 1 aromatic rings. The Balaban J connectivity index is 3.23. The van der Waals surface area contributed by atoms with Gasteiger partial charge in [-0.1, -0.05) is 15.9 Å². The van der Waals surface area contributed by atoms with Crippen LogP contribution in [0.2, 0.25) is 0 Å². The third kappa shape index (κ3) is 4.59. The van der Waals surface area contributed by atoms with E-state index < -0.39 is 16.0 Å². The molecule has 0 heterocycles. The van der Waals surface area contributed by atoms with Gasteiger partial charge in [0.1, 0.15) is 0 Å². The maximum atomic E-state index is 12.2. The molecular formula is C12H16BrNO4S. The number of ether oxygens (including phenoxy) is 1. The van der Waals surface area contributed by atoms with Crippen molar-refractivity contribution in [1.82, 2.24) is 4.72 Å². The number of benzene rings is 1. The number of hydrogen-bond acceptors (Lipinski definition) is 4. The summed E-state index contributed by atoms with van der Waals surface area (Å²) >= 11 is 3.26. The number of hydrogen-bond donors (Lipinski definition) is 1. The van der Waals surface area contributed by atoms with Crippen LogP contribution in [0, 0.1) is 0 Å². The molecule has 0 bridgehead atoms. The Bertz CT molecular complexity index is 569. The van der Waals surface area contributed by atoms with E-state index in [4.69, 9.17) is 0 Å². The molecule has 0 fully saturated rings. The second-order valence-electron chi connectivity index (χ2n) is 4.28. The van der Waals surface area contributed by atoms with Crippen molar-refractivity contribution in [2.45, 2.75) is 31.2 Å². The summed E-state index contributed by atoms with van der Waals surface area (Å²) in [4.78, 5) is 11.4. The quantitative estimate of drug-likeness (QED) is 0.823. The topological polar surface area (TPSA) is 72.5 Å². The van der Waals surface area contributed by atoms with Gasteiger partial charge in [-0.2, -0.15) is 0 Å². The standard InChI is InChI=1S/C12H16BrNO4S/c1-8(2)14-19(16,17)11-5-4-10(13)6-9(11)7-12(15)18-3/h4-6,8,14H,7H2,1-3H3. The van der Waals surface area contributed by atoms with Gasteiger partial charge in [0.25, 0.3) is 0 Å². The van der Waals surface area contributed by atoms with Crippen LogP contribution in [-0.4, -0.2) is 27.5 Å². The van der Waals surface area contributed by atoms with E-state index in [9.17, 15) is 13.2 Å². The van der Waals surface area contributed by atoms with Gasteiger partial charge in [0.15, 0.2) is 0 Å². The summed E-state index contributed by atoms with van der Waals surface area (Å²) in [6.45, 7) is 3.47. The molecule has 0 aliphatic carbocycles. The second-order valence-corrected chi connectivity index (χ2v) is 6.88. The molecule has 0 aliphatic heterocycles. The lowest BCUT2D eigenvalue weighted by atomic mass is 10.1. The SMILES string of the molecule is COC(=O)Cc1cc(Br)ccc1S(=O)(=O)NC(C)C. The van der Waals surface area contributed by atoms with E-state index in [1.54, 1.807) is 26.0 Å². The molecular weight excluding hydrogens is 334 g/mol. The molecule has 0 spiro atoms. The van der Waals surface area contributed by atoms with Gasteiger partial charge < -0.3 is 4.74 Å². The smallest absolute Gasteiger partial charge is 0.310 e. The molecule has 0 saturated heterocycles. The third-order valence-corrected chi connectivity index (χ3v) is 4.52. The summed E-state index contributed by atoms with van der Waals surface area (Å²) in [6, 6.07) is 4.47. The molecule has 0 amide bonds. The second kappa shape index (κ2) is 6.49. The number of methoxy groups -OCH3 is 1. The van der Waals surface area contributed by atoms with Gasteiger partial charge in [0.2, 0.25) is 10.0 Å². The van der Waals surface area contributed by atoms with Crippen molar-refractivity contribution in [3.05, 3.63) is 28.2 Å². The van der Waals surface area contributed by atoms with Crippen LogP contribution in [0.5, 0.6) is 0 Å². The normalized spacial score (nSPS) is 11.6. The Morgan fingerprint density at radius 2 is 2.05 bits per heavy atom. The monoisotopic (exact) mass is 349 g/mol. The maximum Gasteiger partial charge on any atom is 0.310 e. The first-order chi connectivity index (χ1) is 8.76. The molecule has 0 radical (unpaired) electrons. The lowest BCUT2D eigenvalue weighted by Gasteiger charge is -2.13. The van der Waals surface area contributed by atoms with Crippen LogP contribution in [0.25, 0.3) is 0 Å². The molecule has 7 heteroatoms. The van der Waals surface area contributed by atoms with Gasteiger partial charge in [-0.25, -0.2) is 13.1 Å². The maximum absolute atomic E-state index is 12.2. The average Bonchev–Trinajstić information content (AvgIpc) is 2.26. The molecule has 1 N–H and O–H groups in total. The van der Waals surface area contributed by atoms with E-state index in [0.717, 1.165) is 0 Å². The van der Waals surface area contributed by atoms with E-state index in [1.807, 2.05) is 0 Å². The molecule has 0 atom stereocenters. The fourth-order valence-electron chi connectivity index (χ4n) is 1.55. The summed E-state index contributed by atoms with van der Waals surface area (Å²) in [5.41, 5.74) is 0.398. The number of carbonyl (C=O) groups is 1. The third-order valence-electron chi connectivity index (χ3n) is 2.27. The van der Waals surface area contributed by atoms with E-state index in [0.29, 0.717) is 10.0 Å². The molecule has 5 nitrogen and oxygen atoms in total. The highest BCUT2D eigenvalue weighted by Gasteiger charge is 2.21. The number of esters is 1.